The van der Waals surface area contributed by atoms with E-state index in [0.717, 1.165) is 5.92 Å². The number of aliphatic carboxylic acids is 1. The summed E-state index contributed by atoms with van der Waals surface area (Å²) in [5.41, 5.74) is 3.33. The van der Waals surface area contributed by atoms with Crippen LogP contribution >= 0.6 is 0 Å². The molecule has 0 aliphatic heterocycles. The Morgan fingerprint density at radius 2 is 1.58 bits per heavy atom. The number of fused-ring (bicyclic) bond motifs is 1. The van der Waals surface area contributed by atoms with E-state index in [-0.39, 0.29) is 30.0 Å². The average molecular weight is 433 g/mol. The molecule has 0 fully saturated rings. The number of nitrogens with zero attached hydrogens (tertiary/aromatic N) is 1. The lowest BCUT2D eigenvalue weighted by atomic mass is 10.00. The number of nitrogens with one attached hydrogen (secondary N) is 1. The first-order valence-electron chi connectivity index (χ1n) is 10.9. The maximum atomic E-state index is 11.7. The molecule has 1 aromatic rings. The Morgan fingerprint density at radius 1 is 1.10 bits per heavy atom. The molecule has 0 aromatic heterocycles. The first-order chi connectivity index (χ1) is 14.5. The first kappa shape index (κ1) is 28.4. The Hall–Kier alpha value is -2.63. The molecule has 1 aliphatic carbocycles. The number of aryl methyl sites for hydroxylation is 2. The van der Waals surface area contributed by atoms with Gasteiger partial charge in [-0.2, -0.15) is 0 Å². The Kier molecular flexibility index (Phi) is 13.9. The van der Waals surface area contributed by atoms with Gasteiger partial charge in [-0.3, -0.25) is 9.59 Å². The normalized spacial score (nSPS) is 13.3. The zero-order valence-electron chi connectivity index (χ0n) is 20.1. The molecule has 2 amide bonds. The second-order valence-corrected chi connectivity index (χ2v) is 8.75. The zero-order valence-corrected chi connectivity index (χ0v) is 20.1. The molecule has 6 heteroatoms. The van der Waals surface area contributed by atoms with Gasteiger partial charge in [0.25, 0.3) is 0 Å². The molecule has 174 valence electrons. The van der Waals surface area contributed by atoms with Crippen molar-refractivity contribution < 1.29 is 19.5 Å². The standard InChI is InChI=1S/C12H20N2O4.C9H10.C4H10/c1-8(2)10(5-9(3)12(17)18)14(4)11(16)6-13-7-15;1-2-5-9-7-3-6-8(9)4-1;1-4(2)3/h5,7-8,10H,6H2,1-4H3,(H,13,15)(H,17,18);1-2,4-5H,3,6-7H2;4H,1-3H3/b9-5+;;/t10-;;/m1../s1. The van der Waals surface area contributed by atoms with E-state index in [9.17, 15) is 14.4 Å². The van der Waals surface area contributed by atoms with E-state index in [1.54, 1.807) is 24.3 Å². The van der Waals surface area contributed by atoms with E-state index in [0.29, 0.717) is 6.41 Å². The van der Waals surface area contributed by atoms with Gasteiger partial charge in [0.2, 0.25) is 12.3 Å². The fraction of sp³-hybridized carbons (Fsp3) is 0.560. The summed E-state index contributed by atoms with van der Waals surface area (Å²) < 4.78 is 0. The van der Waals surface area contributed by atoms with Crippen LogP contribution in [0.15, 0.2) is 35.9 Å². The van der Waals surface area contributed by atoms with E-state index in [4.69, 9.17) is 5.11 Å². The van der Waals surface area contributed by atoms with Gasteiger partial charge in [0.05, 0.1) is 12.6 Å². The Balaban J connectivity index is 0.000000562. The summed E-state index contributed by atoms with van der Waals surface area (Å²) >= 11 is 0. The van der Waals surface area contributed by atoms with Crippen molar-refractivity contribution in [1.29, 1.82) is 0 Å². The lowest BCUT2D eigenvalue weighted by Crippen LogP contribution is -2.43. The third kappa shape index (κ3) is 12.0. The van der Waals surface area contributed by atoms with Crippen LogP contribution in [0.1, 0.15) is 59.1 Å². The van der Waals surface area contributed by atoms with Crippen molar-refractivity contribution in [2.45, 2.75) is 66.8 Å². The number of carbonyl (C=O) groups excluding carboxylic acids is 2. The molecule has 0 unspecified atom stereocenters. The van der Waals surface area contributed by atoms with E-state index >= 15 is 0 Å². The summed E-state index contributed by atoms with van der Waals surface area (Å²) in [5, 5.41) is 11.1. The Labute approximate surface area is 187 Å². The van der Waals surface area contributed by atoms with E-state index < -0.39 is 5.97 Å². The van der Waals surface area contributed by atoms with Crippen LogP contribution in [-0.2, 0) is 27.2 Å². The monoisotopic (exact) mass is 432 g/mol. The molecule has 1 aliphatic rings. The molecule has 0 bridgehead atoms. The largest absolute Gasteiger partial charge is 0.478 e. The van der Waals surface area contributed by atoms with Gasteiger partial charge in [-0.1, -0.05) is 65.0 Å². The maximum Gasteiger partial charge on any atom is 0.331 e. The van der Waals surface area contributed by atoms with Gasteiger partial charge in [-0.25, -0.2) is 4.79 Å². The molecule has 1 atom stereocenters. The number of carboxylic acid groups (broad SMARTS) is 1. The summed E-state index contributed by atoms with van der Waals surface area (Å²) in [6.45, 7) is 11.7. The smallest absolute Gasteiger partial charge is 0.331 e. The number of benzene rings is 1. The summed E-state index contributed by atoms with van der Waals surface area (Å²) in [5.74, 6) is -0.368. The second-order valence-electron chi connectivity index (χ2n) is 8.75. The van der Waals surface area contributed by atoms with Crippen LogP contribution in [-0.4, -0.2) is 47.9 Å². The van der Waals surface area contributed by atoms with Gasteiger partial charge in [0.15, 0.2) is 0 Å². The molecule has 2 rings (SSSR count). The van der Waals surface area contributed by atoms with Crippen molar-refractivity contribution in [2.24, 2.45) is 11.8 Å². The highest BCUT2D eigenvalue weighted by atomic mass is 16.4. The number of carboxylic acids is 1. The molecule has 6 nitrogen and oxygen atoms in total. The van der Waals surface area contributed by atoms with Gasteiger partial charge < -0.3 is 15.3 Å². The van der Waals surface area contributed by atoms with Crippen LogP contribution in [0.3, 0.4) is 0 Å². The minimum absolute atomic E-state index is 0.0736. The number of carbonyl (C=O) groups is 3. The lowest BCUT2D eigenvalue weighted by Gasteiger charge is -2.29. The topological polar surface area (TPSA) is 86.7 Å². The van der Waals surface area contributed by atoms with Gasteiger partial charge in [-0.15, -0.1) is 0 Å². The summed E-state index contributed by atoms with van der Waals surface area (Å²) in [6, 6.07) is 8.42. The molecule has 0 spiro atoms. The number of amides is 2. The minimum Gasteiger partial charge on any atom is -0.478 e. The van der Waals surface area contributed by atoms with E-state index in [1.165, 1.54) is 31.1 Å². The molecule has 2 N–H and O–H groups in total. The fourth-order valence-electron chi connectivity index (χ4n) is 3.01. The predicted molar refractivity (Wildman–Crippen MR) is 126 cm³/mol. The molecule has 1 aromatic carbocycles. The second kappa shape index (κ2) is 15.2. The van der Waals surface area contributed by atoms with Gasteiger partial charge in [-0.05, 0) is 49.1 Å². The third-order valence-corrected chi connectivity index (χ3v) is 4.63. The van der Waals surface area contributed by atoms with Crippen molar-refractivity contribution in [3.05, 3.63) is 47.0 Å². The van der Waals surface area contributed by atoms with Crippen LogP contribution in [0, 0.1) is 11.8 Å². The number of hydrogen-bond acceptors (Lipinski definition) is 3. The minimum atomic E-state index is -1.01. The summed E-state index contributed by atoms with van der Waals surface area (Å²) in [6.07, 6.45) is 5.96. The van der Waals surface area contributed by atoms with Crippen molar-refractivity contribution in [2.75, 3.05) is 13.6 Å². The summed E-state index contributed by atoms with van der Waals surface area (Å²) in [4.78, 5) is 34.1. The Bertz CT molecular complexity index is 700. The number of likely N-dealkylation sites (N-methyl/N-ethyl adjacent to an activating group) is 1. The van der Waals surface area contributed by atoms with Gasteiger partial charge in [0.1, 0.15) is 0 Å². The molecule has 0 radical (unpaired) electrons. The van der Waals surface area contributed by atoms with Crippen LogP contribution in [0.25, 0.3) is 0 Å². The molecular formula is C25H40N2O4. The number of rotatable bonds is 7. The van der Waals surface area contributed by atoms with Crippen LogP contribution in [0.5, 0.6) is 0 Å². The van der Waals surface area contributed by atoms with Gasteiger partial charge >= 0.3 is 5.97 Å². The highest BCUT2D eigenvalue weighted by Crippen LogP contribution is 2.20. The third-order valence-electron chi connectivity index (χ3n) is 4.63. The Morgan fingerprint density at radius 3 is 1.97 bits per heavy atom. The quantitative estimate of drug-likeness (QED) is 0.502. The highest BCUT2D eigenvalue weighted by Gasteiger charge is 2.21. The SMILES string of the molecule is C/C(=C\[C@H](C(C)C)N(C)C(=O)CNC=O)C(=O)O.CC(C)C.c1ccc2c(c1)CCC2. The molecular weight excluding hydrogens is 392 g/mol. The fourth-order valence-corrected chi connectivity index (χ4v) is 3.01. The molecule has 31 heavy (non-hydrogen) atoms. The van der Waals surface area contributed by atoms with Crippen molar-refractivity contribution >= 4 is 18.3 Å². The highest BCUT2D eigenvalue weighted by molar-refractivity contribution is 5.86. The molecule has 0 saturated heterocycles. The van der Waals surface area contributed by atoms with E-state index in [1.807, 2.05) is 13.8 Å². The number of hydrogen-bond donors (Lipinski definition) is 2. The van der Waals surface area contributed by atoms with Crippen LogP contribution < -0.4 is 5.32 Å². The summed E-state index contributed by atoms with van der Waals surface area (Å²) in [7, 11) is 1.59. The van der Waals surface area contributed by atoms with Crippen molar-refractivity contribution in [3.63, 3.8) is 0 Å². The molecule has 0 saturated carbocycles. The van der Waals surface area contributed by atoms with Crippen molar-refractivity contribution in [3.8, 4) is 0 Å². The molecule has 0 heterocycles. The average Bonchev–Trinajstić information content (AvgIpc) is 3.18. The van der Waals surface area contributed by atoms with Crippen LogP contribution in [0.2, 0.25) is 0 Å². The zero-order chi connectivity index (χ0) is 24.0. The van der Waals surface area contributed by atoms with E-state index in [2.05, 4.69) is 50.4 Å². The lowest BCUT2D eigenvalue weighted by molar-refractivity contribution is -0.133. The van der Waals surface area contributed by atoms with Crippen LogP contribution in [0.4, 0.5) is 0 Å². The van der Waals surface area contributed by atoms with Gasteiger partial charge in [0, 0.05) is 12.6 Å². The first-order valence-corrected chi connectivity index (χ1v) is 10.9. The van der Waals surface area contributed by atoms with Crippen molar-refractivity contribution in [1.82, 2.24) is 10.2 Å². The predicted octanol–water partition coefficient (Wildman–Crippen LogP) is 4.08. The maximum absolute atomic E-state index is 11.7.